The van der Waals surface area contributed by atoms with Crippen molar-refractivity contribution in [1.82, 2.24) is 0 Å². The molecule has 1 atom stereocenters. The molecule has 0 spiro atoms. The minimum absolute atomic E-state index is 0.293. The second kappa shape index (κ2) is 8.31. The molecule has 0 aliphatic heterocycles. The molecule has 1 heterocycles. The predicted octanol–water partition coefficient (Wildman–Crippen LogP) is 4.81. The first kappa shape index (κ1) is 18.4. The van der Waals surface area contributed by atoms with Gasteiger partial charge in [0.25, 0.3) is 5.91 Å². The summed E-state index contributed by atoms with van der Waals surface area (Å²) in [6.07, 6.45) is 4.08. The van der Waals surface area contributed by atoms with Crippen LogP contribution in [0.3, 0.4) is 0 Å². The molecule has 0 radical (unpaired) electrons. The Balaban J connectivity index is 1.64. The van der Waals surface area contributed by atoms with Gasteiger partial charge < -0.3 is 10.1 Å². The van der Waals surface area contributed by atoms with Gasteiger partial charge in [-0.2, -0.15) is 0 Å². The standard InChI is InChI=1S/C19H20INO3S/c1-2-15(18(22)21-14-9-7-13(20)8-10-14)24-19(23)17-11-12-5-3-4-6-16(12)25-17/h7-11,15H,2-6H2,1H3,(H,21,22). The van der Waals surface area contributed by atoms with Gasteiger partial charge in [0.1, 0.15) is 4.88 Å². The van der Waals surface area contributed by atoms with Crippen LogP contribution < -0.4 is 5.32 Å². The third kappa shape index (κ3) is 4.61. The van der Waals surface area contributed by atoms with E-state index in [0.717, 1.165) is 16.4 Å². The van der Waals surface area contributed by atoms with Crippen molar-refractivity contribution >= 4 is 51.5 Å². The lowest BCUT2D eigenvalue weighted by Gasteiger charge is -2.15. The number of aryl methyl sites for hydroxylation is 2. The van der Waals surface area contributed by atoms with E-state index in [2.05, 4.69) is 27.9 Å². The fourth-order valence-corrected chi connectivity index (χ4v) is 4.35. The number of benzene rings is 1. The second-order valence-electron chi connectivity index (χ2n) is 6.06. The van der Waals surface area contributed by atoms with Gasteiger partial charge in [0.15, 0.2) is 6.10 Å². The molecule has 1 amide bonds. The minimum Gasteiger partial charge on any atom is -0.448 e. The van der Waals surface area contributed by atoms with Gasteiger partial charge in [0, 0.05) is 14.1 Å². The summed E-state index contributed by atoms with van der Waals surface area (Å²) >= 11 is 3.71. The molecule has 6 heteroatoms. The molecule has 1 aromatic heterocycles. The molecule has 1 aliphatic rings. The number of anilines is 1. The van der Waals surface area contributed by atoms with E-state index in [0.29, 0.717) is 17.0 Å². The molecule has 132 valence electrons. The van der Waals surface area contributed by atoms with E-state index in [-0.39, 0.29) is 5.91 Å². The molecule has 4 nitrogen and oxygen atoms in total. The molecule has 25 heavy (non-hydrogen) atoms. The number of rotatable bonds is 5. The topological polar surface area (TPSA) is 55.4 Å². The second-order valence-corrected chi connectivity index (χ2v) is 8.45. The smallest absolute Gasteiger partial charge is 0.349 e. The van der Waals surface area contributed by atoms with Gasteiger partial charge in [-0.25, -0.2) is 4.79 Å². The minimum atomic E-state index is -0.786. The number of esters is 1. The summed E-state index contributed by atoms with van der Waals surface area (Å²) in [5.41, 5.74) is 1.96. The molecule has 3 rings (SSSR count). The van der Waals surface area contributed by atoms with Crippen molar-refractivity contribution in [2.24, 2.45) is 0 Å². The van der Waals surface area contributed by atoms with Crippen molar-refractivity contribution in [3.63, 3.8) is 0 Å². The van der Waals surface area contributed by atoms with Crippen molar-refractivity contribution in [3.05, 3.63) is 49.2 Å². The third-order valence-electron chi connectivity index (χ3n) is 4.22. The van der Waals surface area contributed by atoms with E-state index in [1.807, 2.05) is 37.3 Å². The summed E-state index contributed by atoms with van der Waals surface area (Å²) < 4.78 is 6.57. The van der Waals surface area contributed by atoms with Crippen molar-refractivity contribution in [2.45, 2.75) is 45.1 Å². The first-order chi connectivity index (χ1) is 12.1. The quantitative estimate of drug-likeness (QED) is 0.506. The summed E-state index contributed by atoms with van der Waals surface area (Å²) in [5, 5.41) is 2.81. The van der Waals surface area contributed by atoms with Gasteiger partial charge in [-0.3, -0.25) is 4.79 Å². The van der Waals surface area contributed by atoms with Gasteiger partial charge in [-0.05, 0) is 90.6 Å². The van der Waals surface area contributed by atoms with Gasteiger partial charge in [0.2, 0.25) is 0 Å². The number of fused-ring (bicyclic) bond motifs is 1. The average Bonchev–Trinajstić information content (AvgIpc) is 3.05. The Morgan fingerprint density at radius 2 is 1.96 bits per heavy atom. The summed E-state index contributed by atoms with van der Waals surface area (Å²) in [4.78, 5) is 26.7. The maximum absolute atomic E-state index is 12.4. The molecule has 1 N–H and O–H groups in total. The number of ether oxygens (including phenoxy) is 1. The number of hydrogen-bond donors (Lipinski definition) is 1. The molecule has 0 saturated heterocycles. The normalized spacial score (nSPS) is 14.5. The molecule has 0 bridgehead atoms. The van der Waals surface area contributed by atoms with Gasteiger partial charge in [-0.1, -0.05) is 6.92 Å². The molecule has 2 aromatic rings. The van der Waals surface area contributed by atoms with Gasteiger partial charge >= 0.3 is 5.97 Å². The molecular weight excluding hydrogens is 449 g/mol. The highest BCUT2D eigenvalue weighted by Crippen LogP contribution is 2.30. The molecule has 0 fully saturated rings. The number of halogens is 1. The van der Waals surface area contributed by atoms with Crippen LogP contribution in [-0.4, -0.2) is 18.0 Å². The fraction of sp³-hybridized carbons (Fsp3) is 0.368. The third-order valence-corrected chi connectivity index (χ3v) is 6.16. The Kier molecular flexibility index (Phi) is 6.11. The predicted molar refractivity (Wildman–Crippen MR) is 108 cm³/mol. The molecule has 0 saturated carbocycles. The van der Waals surface area contributed by atoms with Gasteiger partial charge in [0.05, 0.1) is 0 Å². The number of carbonyl (C=O) groups excluding carboxylic acids is 2. The Labute approximate surface area is 165 Å². The van der Waals surface area contributed by atoms with E-state index < -0.39 is 12.1 Å². The van der Waals surface area contributed by atoms with Crippen LogP contribution in [-0.2, 0) is 22.4 Å². The van der Waals surface area contributed by atoms with Crippen LogP contribution in [0.25, 0.3) is 0 Å². The Bertz CT molecular complexity index is 746. The van der Waals surface area contributed by atoms with Crippen LogP contribution in [0, 0.1) is 3.57 Å². The lowest BCUT2D eigenvalue weighted by molar-refractivity contribution is -0.124. The maximum Gasteiger partial charge on any atom is 0.349 e. The monoisotopic (exact) mass is 469 g/mol. The van der Waals surface area contributed by atoms with Crippen molar-refractivity contribution in [2.75, 3.05) is 5.32 Å². The summed E-state index contributed by atoms with van der Waals surface area (Å²) in [6.45, 7) is 1.84. The van der Waals surface area contributed by atoms with Crippen LogP contribution in [0.4, 0.5) is 5.69 Å². The van der Waals surface area contributed by atoms with Crippen molar-refractivity contribution in [3.8, 4) is 0 Å². The molecule has 1 aromatic carbocycles. The van der Waals surface area contributed by atoms with E-state index in [1.54, 1.807) is 0 Å². The Morgan fingerprint density at radius 3 is 2.64 bits per heavy atom. The van der Waals surface area contributed by atoms with E-state index in [9.17, 15) is 9.59 Å². The first-order valence-electron chi connectivity index (χ1n) is 8.46. The fourth-order valence-electron chi connectivity index (χ4n) is 2.86. The van der Waals surface area contributed by atoms with Crippen molar-refractivity contribution < 1.29 is 14.3 Å². The van der Waals surface area contributed by atoms with E-state index in [1.165, 1.54) is 34.6 Å². The van der Waals surface area contributed by atoms with Crippen LogP contribution in [0.1, 0.15) is 46.3 Å². The number of carbonyl (C=O) groups is 2. The van der Waals surface area contributed by atoms with Crippen molar-refractivity contribution in [1.29, 1.82) is 0 Å². The Hall–Kier alpha value is -1.41. The number of hydrogen-bond acceptors (Lipinski definition) is 4. The zero-order chi connectivity index (χ0) is 17.8. The zero-order valence-electron chi connectivity index (χ0n) is 14.0. The molecule has 1 unspecified atom stereocenters. The van der Waals surface area contributed by atoms with E-state index >= 15 is 0 Å². The molecule has 1 aliphatic carbocycles. The van der Waals surface area contributed by atoms with Crippen LogP contribution in [0.5, 0.6) is 0 Å². The van der Waals surface area contributed by atoms with E-state index in [4.69, 9.17) is 4.74 Å². The molecular formula is C19H20INO3S. The summed E-state index contributed by atoms with van der Waals surface area (Å²) in [6, 6.07) is 9.44. The summed E-state index contributed by atoms with van der Waals surface area (Å²) in [5.74, 6) is -0.692. The van der Waals surface area contributed by atoms with Gasteiger partial charge in [-0.15, -0.1) is 11.3 Å². The highest BCUT2D eigenvalue weighted by Gasteiger charge is 2.24. The van der Waals surface area contributed by atoms with Crippen LogP contribution in [0.15, 0.2) is 30.3 Å². The highest BCUT2D eigenvalue weighted by molar-refractivity contribution is 14.1. The average molecular weight is 469 g/mol. The Morgan fingerprint density at radius 1 is 1.24 bits per heavy atom. The first-order valence-corrected chi connectivity index (χ1v) is 10.4. The summed E-state index contributed by atoms with van der Waals surface area (Å²) in [7, 11) is 0. The van der Waals surface area contributed by atoms with Crippen LogP contribution >= 0.6 is 33.9 Å². The SMILES string of the molecule is CCC(OC(=O)c1cc2c(s1)CCCC2)C(=O)Nc1ccc(I)cc1. The lowest BCUT2D eigenvalue weighted by Crippen LogP contribution is -2.31. The van der Waals surface area contributed by atoms with Crippen LogP contribution in [0.2, 0.25) is 0 Å². The maximum atomic E-state index is 12.4. The highest BCUT2D eigenvalue weighted by atomic mass is 127. The number of amides is 1. The lowest BCUT2D eigenvalue weighted by atomic mass is 9.99. The number of nitrogens with one attached hydrogen (secondary N) is 1. The number of thiophene rings is 1. The largest absolute Gasteiger partial charge is 0.448 e. The zero-order valence-corrected chi connectivity index (χ0v) is 17.0.